The Labute approximate surface area is 118 Å². The molecule has 1 aromatic heterocycles. The van der Waals surface area contributed by atoms with Crippen molar-refractivity contribution in [1.29, 1.82) is 0 Å². The van der Waals surface area contributed by atoms with Gasteiger partial charge in [-0.3, -0.25) is 4.79 Å². The molecule has 2 aromatic rings. The van der Waals surface area contributed by atoms with Crippen LogP contribution in [0.3, 0.4) is 0 Å². The predicted molar refractivity (Wildman–Crippen MR) is 79.8 cm³/mol. The highest BCUT2D eigenvalue weighted by Crippen LogP contribution is 2.26. The van der Waals surface area contributed by atoms with Gasteiger partial charge in [0.05, 0.1) is 0 Å². The second-order valence-corrected chi connectivity index (χ2v) is 4.88. The van der Waals surface area contributed by atoms with Crippen LogP contribution in [0.4, 0.5) is 5.82 Å². The fraction of sp³-hybridized carbons (Fsp3) is 0.333. The zero-order chi connectivity index (χ0) is 13.9. The highest BCUT2D eigenvalue weighted by atomic mass is 16.2. The summed E-state index contributed by atoms with van der Waals surface area (Å²) in [5, 5.41) is 8.24. The van der Waals surface area contributed by atoms with Crippen LogP contribution in [-0.4, -0.2) is 43.6 Å². The van der Waals surface area contributed by atoms with Crippen molar-refractivity contribution in [2.24, 2.45) is 0 Å². The van der Waals surface area contributed by atoms with Gasteiger partial charge >= 0.3 is 0 Å². The van der Waals surface area contributed by atoms with Gasteiger partial charge in [0.2, 0.25) is 5.91 Å². The summed E-state index contributed by atoms with van der Waals surface area (Å²) in [6.07, 6.45) is 1.81. The smallest absolute Gasteiger partial charge is 0.243 e. The summed E-state index contributed by atoms with van der Waals surface area (Å²) in [6.45, 7) is 2.28. The molecule has 1 aliphatic rings. The first-order chi connectivity index (χ1) is 9.81. The van der Waals surface area contributed by atoms with E-state index >= 15 is 0 Å². The van der Waals surface area contributed by atoms with Crippen LogP contribution in [0.5, 0.6) is 0 Å². The molecule has 1 fully saturated rings. The topological polar surface area (TPSA) is 57.3 Å². The molecule has 1 saturated heterocycles. The minimum atomic E-state index is -0.216. The number of rotatable bonds is 2. The predicted octanol–water partition coefficient (Wildman–Crippen LogP) is 0.759. The van der Waals surface area contributed by atoms with Gasteiger partial charge < -0.3 is 15.5 Å². The fourth-order valence-corrected chi connectivity index (χ4v) is 2.69. The molecule has 5 nitrogen and oxygen atoms in total. The summed E-state index contributed by atoms with van der Waals surface area (Å²) in [6, 6.07) is 9.92. The number of hydrogen-bond donors (Lipinski definition) is 2. The molecule has 3 rings (SSSR count). The standard InChI is InChI=1S/C15H18N4O/c1-16-15(20)13-10-17-8-9-19(13)14-12-5-3-2-4-11(12)6-7-18-14/h2-7,13,17H,8-10H2,1H3,(H,16,20). The van der Waals surface area contributed by atoms with Crippen molar-refractivity contribution in [3.63, 3.8) is 0 Å². The lowest BCUT2D eigenvalue weighted by Crippen LogP contribution is -2.58. The number of likely N-dealkylation sites (N-methyl/N-ethyl adjacent to an activating group) is 1. The molecule has 1 atom stereocenters. The van der Waals surface area contributed by atoms with Crippen molar-refractivity contribution in [2.75, 3.05) is 31.6 Å². The Bertz CT molecular complexity index is 623. The fourth-order valence-electron chi connectivity index (χ4n) is 2.69. The van der Waals surface area contributed by atoms with E-state index in [1.807, 2.05) is 18.2 Å². The van der Waals surface area contributed by atoms with E-state index in [9.17, 15) is 4.79 Å². The number of pyridine rings is 1. The molecule has 5 heteroatoms. The number of carbonyl (C=O) groups is 1. The third-order valence-corrected chi connectivity index (χ3v) is 3.72. The number of nitrogens with one attached hydrogen (secondary N) is 2. The van der Waals surface area contributed by atoms with Crippen LogP contribution < -0.4 is 15.5 Å². The van der Waals surface area contributed by atoms with Gasteiger partial charge in [-0.25, -0.2) is 4.98 Å². The van der Waals surface area contributed by atoms with Gasteiger partial charge in [0.1, 0.15) is 11.9 Å². The van der Waals surface area contributed by atoms with Gasteiger partial charge in [0.15, 0.2) is 0 Å². The Kier molecular flexibility index (Phi) is 3.52. The van der Waals surface area contributed by atoms with Gasteiger partial charge in [0.25, 0.3) is 0 Å². The first-order valence-electron chi connectivity index (χ1n) is 6.84. The molecule has 1 aromatic carbocycles. The Balaban J connectivity index is 2.06. The van der Waals surface area contributed by atoms with E-state index in [-0.39, 0.29) is 11.9 Å². The molecule has 20 heavy (non-hydrogen) atoms. The van der Waals surface area contributed by atoms with Crippen LogP contribution in [0, 0.1) is 0 Å². The third-order valence-electron chi connectivity index (χ3n) is 3.72. The summed E-state index contributed by atoms with van der Waals surface area (Å²) in [5.41, 5.74) is 0. The minimum absolute atomic E-state index is 0.0203. The molecular weight excluding hydrogens is 252 g/mol. The number of fused-ring (bicyclic) bond motifs is 1. The minimum Gasteiger partial charge on any atom is -0.357 e. The van der Waals surface area contributed by atoms with E-state index < -0.39 is 0 Å². The lowest BCUT2D eigenvalue weighted by Gasteiger charge is -2.36. The van der Waals surface area contributed by atoms with Crippen LogP contribution in [0.1, 0.15) is 0 Å². The maximum atomic E-state index is 12.1. The Morgan fingerprint density at radius 1 is 1.40 bits per heavy atom. The molecule has 2 heterocycles. The molecule has 0 aliphatic carbocycles. The molecular formula is C15H18N4O. The maximum absolute atomic E-state index is 12.1. The lowest BCUT2D eigenvalue weighted by molar-refractivity contribution is -0.122. The number of anilines is 1. The van der Waals surface area contributed by atoms with Crippen molar-refractivity contribution in [3.05, 3.63) is 36.5 Å². The Morgan fingerprint density at radius 2 is 2.25 bits per heavy atom. The highest BCUT2D eigenvalue weighted by molar-refractivity contribution is 5.94. The van der Waals surface area contributed by atoms with Gasteiger partial charge in [-0.2, -0.15) is 0 Å². The zero-order valence-electron chi connectivity index (χ0n) is 11.5. The monoisotopic (exact) mass is 270 g/mol. The average Bonchev–Trinajstić information content (AvgIpc) is 2.53. The van der Waals surface area contributed by atoms with Gasteiger partial charge in [-0.1, -0.05) is 24.3 Å². The molecule has 0 radical (unpaired) electrons. The van der Waals surface area contributed by atoms with Crippen molar-refractivity contribution in [3.8, 4) is 0 Å². The normalized spacial score (nSPS) is 19.1. The van der Waals surface area contributed by atoms with Crippen LogP contribution in [0.15, 0.2) is 36.5 Å². The molecule has 0 bridgehead atoms. The summed E-state index contributed by atoms with van der Waals surface area (Å²) in [5.74, 6) is 0.908. The van der Waals surface area contributed by atoms with E-state index in [0.29, 0.717) is 6.54 Å². The zero-order valence-corrected chi connectivity index (χ0v) is 11.5. The van der Waals surface area contributed by atoms with Crippen molar-refractivity contribution in [2.45, 2.75) is 6.04 Å². The number of amides is 1. The Hall–Kier alpha value is -2.14. The summed E-state index contributed by atoms with van der Waals surface area (Å²) in [7, 11) is 1.67. The Morgan fingerprint density at radius 3 is 3.10 bits per heavy atom. The van der Waals surface area contributed by atoms with Gasteiger partial charge in [-0.05, 0) is 11.5 Å². The van der Waals surface area contributed by atoms with Crippen LogP contribution in [-0.2, 0) is 4.79 Å². The number of nitrogens with zero attached hydrogens (tertiary/aromatic N) is 2. The average molecular weight is 270 g/mol. The number of piperazine rings is 1. The van der Waals surface area contributed by atoms with Crippen LogP contribution in [0.25, 0.3) is 10.8 Å². The summed E-state index contributed by atoms with van der Waals surface area (Å²) in [4.78, 5) is 18.7. The van der Waals surface area contributed by atoms with Crippen molar-refractivity contribution in [1.82, 2.24) is 15.6 Å². The van der Waals surface area contributed by atoms with Gasteiger partial charge in [-0.15, -0.1) is 0 Å². The summed E-state index contributed by atoms with van der Waals surface area (Å²) >= 11 is 0. The molecule has 104 valence electrons. The lowest BCUT2D eigenvalue weighted by atomic mass is 10.1. The number of carbonyl (C=O) groups excluding carboxylic acids is 1. The third kappa shape index (κ3) is 2.20. The maximum Gasteiger partial charge on any atom is 0.243 e. The largest absolute Gasteiger partial charge is 0.357 e. The van der Waals surface area contributed by atoms with E-state index in [2.05, 4.69) is 32.7 Å². The first-order valence-corrected chi connectivity index (χ1v) is 6.84. The van der Waals surface area contributed by atoms with Crippen molar-refractivity contribution < 1.29 is 4.79 Å². The number of benzene rings is 1. The second kappa shape index (κ2) is 5.46. The summed E-state index contributed by atoms with van der Waals surface area (Å²) < 4.78 is 0. The first kappa shape index (κ1) is 12.9. The molecule has 2 N–H and O–H groups in total. The highest BCUT2D eigenvalue weighted by Gasteiger charge is 2.29. The molecule has 1 amide bonds. The van der Waals surface area contributed by atoms with E-state index in [1.54, 1.807) is 13.2 Å². The van der Waals surface area contributed by atoms with Crippen LogP contribution >= 0.6 is 0 Å². The van der Waals surface area contributed by atoms with Gasteiger partial charge in [0, 0.05) is 38.3 Å². The second-order valence-electron chi connectivity index (χ2n) is 4.88. The van der Waals surface area contributed by atoms with Crippen molar-refractivity contribution >= 4 is 22.5 Å². The molecule has 0 spiro atoms. The molecule has 1 aliphatic heterocycles. The quantitative estimate of drug-likeness (QED) is 0.846. The van der Waals surface area contributed by atoms with E-state index in [1.165, 1.54) is 0 Å². The number of hydrogen-bond acceptors (Lipinski definition) is 4. The molecule has 1 unspecified atom stereocenters. The molecule has 0 saturated carbocycles. The number of aromatic nitrogens is 1. The van der Waals surface area contributed by atoms with E-state index in [0.717, 1.165) is 29.7 Å². The van der Waals surface area contributed by atoms with E-state index in [4.69, 9.17) is 0 Å². The SMILES string of the molecule is CNC(=O)C1CNCCN1c1nccc2ccccc12. The van der Waals surface area contributed by atoms with Crippen LogP contribution in [0.2, 0.25) is 0 Å².